The molecule has 0 radical (unpaired) electrons. The highest BCUT2D eigenvalue weighted by molar-refractivity contribution is 8.00. The Bertz CT molecular complexity index is 833. The molecule has 0 fully saturated rings. The van der Waals surface area contributed by atoms with Crippen LogP contribution in [0.2, 0.25) is 5.02 Å². The van der Waals surface area contributed by atoms with E-state index >= 15 is 0 Å². The summed E-state index contributed by atoms with van der Waals surface area (Å²) in [6, 6.07) is 13.5. The van der Waals surface area contributed by atoms with Crippen LogP contribution in [0.15, 0.2) is 47.4 Å². The molecule has 0 spiro atoms. The maximum absolute atomic E-state index is 11.9. The number of aryl methyl sites for hydroxylation is 1. The Morgan fingerprint density at radius 3 is 2.83 bits per heavy atom. The lowest BCUT2D eigenvalue weighted by molar-refractivity contribution is -0.118. The lowest BCUT2D eigenvalue weighted by Gasteiger charge is -2.05. The van der Waals surface area contributed by atoms with Crippen LogP contribution in [-0.2, 0) is 4.79 Å². The Balaban J connectivity index is 1.52. The quantitative estimate of drug-likeness (QED) is 0.518. The molecule has 2 N–H and O–H groups in total. The van der Waals surface area contributed by atoms with Gasteiger partial charge in [0.2, 0.25) is 11.0 Å². The lowest BCUT2D eigenvalue weighted by atomic mass is 10.2. The fourth-order valence-electron chi connectivity index (χ4n) is 1.92. The predicted octanol–water partition coefficient (Wildman–Crippen LogP) is 4.49. The van der Waals surface area contributed by atoms with Crippen LogP contribution in [0, 0.1) is 6.92 Å². The zero-order chi connectivity index (χ0) is 16.2. The van der Waals surface area contributed by atoms with Gasteiger partial charge in [-0.1, -0.05) is 29.0 Å². The number of halogens is 1. The van der Waals surface area contributed by atoms with Gasteiger partial charge in [-0.25, -0.2) is 4.98 Å². The van der Waals surface area contributed by atoms with Crippen molar-refractivity contribution >= 4 is 56.0 Å². The zero-order valence-electron chi connectivity index (χ0n) is 12.3. The summed E-state index contributed by atoms with van der Waals surface area (Å²) in [6.45, 7) is 2.04. The number of carbonyl (C=O) groups excluding carboxylic acids is 1. The molecule has 4 nitrogen and oxygen atoms in total. The Kier molecular flexibility index (Phi) is 5.05. The van der Waals surface area contributed by atoms with Gasteiger partial charge in [0.05, 0.1) is 16.0 Å². The number of carbonyl (C=O) groups is 1. The van der Waals surface area contributed by atoms with Crippen LogP contribution in [0.4, 0.5) is 5.13 Å². The molecule has 1 aromatic heterocycles. The number of nitrogens with one attached hydrogen (secondary N) is 2. The molecule has 118 valence electrons. The second kappa shape index (κ2) is 7.21. The number of anilines is 1. The molecule has 2 aromatic carbocycles. The van der Waals surface area contributed by atoms with Crippen LogP contribution < -0.4 is 10.9 Å². The van der Waals surface area contributed by atoms with Gasteiger partial charge in [0.25, 0.3) is 0 Å². The molecule has 1 heterocycles. The van der Waals surface area contributed by atoms with E-state index in [1.165, 1.54) is 28.7 Å². The summed E-state index contributed by atoms with van der Waals surface area (Å²) in [5.41, 5.74) is 7.66. The molecule has 0 unspecified atom stereocenters. The second-order valence-electron chi connectivity index (χ2n) is 4.91. The van der Waals surface area contributed by atoms with Gasteiger partial charge in [-0.15, -0.1) is 11.8 Å². The molecule has 0 aliphatic heterocycles. The van der Waals surface area contributed by atoms with Gasteiger partial charge in [-0.05, 0) is 48.9 Å². The minimum Gasteiger partial charge on any atom is -0.273 e. The highest BCUT2D eigenvalue weighted by atomic mass is 35.5. The summed E-state index contributed by atoms with van der Waals surface area (Å²) in [6.07, 6.45) is 0. The fourth-order valence-corrected chi connectivity index (χ4v) is 3.67. The van der Waals surface area contributed by atoms with E-state index in [2.05, 4.69) is 21.9 Å². The minimum absolute atomic E-state index is 0.111. The molecule has 0 atom stereocenters. The van der Waals surface area contributed by atoms with Crippen molar-refractivity contribution in [2.45, 2.75) is 11.8 Å². The van der Waals surface area contributed by atoms with Crippen LogP contribution >= 0.6 is 34.7 Å². The second-order valence-corrected chi connectivity index (χ2v) is 7.42. The minimum atomic E-state index is -0.111. The number of rotatable bonds is 5. The molecule has 0 saturated carbocycles. The number of nitrogens with zero attached hydrogens (tertiary/aromatic N) is 1. The number of hydrogen-bond acceptors (Lipinski definition) is 5. The first-order valence-electron chi connectivity index (χ1n) is 6.90. The van der Waals surface area contributed by atoms with Crippen LogP contribution in [-0.4, -0.2) is 16.6 Å². The van der Waals surface area contributed by atoms with Gasteiger partial charge in [0.15, 0.2) is 0 Å². The van der Waals surface area contributed by atoms with Gasteiger partial charge in [0, 0.05) is 9.92 Å². The molecule has 3 aromatic rings. The molecule has 7 heteroatoms. The van der Waals surface area contributed by atoms with E-state index in [0.717, 1.165) is 15.1 Å². The smallest absolute Gasteiger partial charge is 0.248 e. The fraction of sp³-hybridized carbons (Fsp3) is 0.125. The number of hydrazine groups is 1. The number of fused-ring (bicyclic) bond motifs is 1. The number of aromatic nitrogens is 1. The maximum Gasteiger partial charge on any atom is 0.248 e. The summed E-state index contributed by atoms with van der Waals surface area (Å²) in [5, 5.41) is 1.36. The largest absolute Gasteiger partial charge is 0.273 e. The summed E-state index contributed by atoms with van der Waals surface area (Å²) in [5.74, 6) is 0.207. The van der Waals surface area contributed by atoms with Gasteiger partial charge in [0.1, 0.15) is 0 Å². The topological polar surface area (TPSA) is 54.0 Å². The molecular formula is C16H14ClN3OS2. The van der Waals surface area contributed by atoms with E-state index in [4.69, 9.17) is 11.6 Å². The van der Waals surface area contributed by atoms with Crippen molar-refractivity contribution in [2.24, 2.45) is 0 Å². The van der Waals surface area contributed by atoms with E-state index in [1.807, 2.05) is 43.3 Å². The van der Waals surface area contributed by atoms with Crippen molar-refractivity contribution < 1.29 is 4.79 Å². The highest BCUT2D eigenvalue weighted by Gasteiger charge is 2.06. The van der Waals surface area contributed by atoms with Crippen LogP contribution in [0.5, 0.6) is 0 Å². The first-order valence-corrected chi connectivity index (χ1v) is 9.08. The van der Waals surface area contributed by atoms with Gasteiger partial charge < -0.3 is 0 Å². The average molecular weight is 364 g/mol. The van der Waals surface area contributed by atoms with Crippen molar-refractivity contribution in [1.82, 2.24) is 10.4 Å². The summed E-state index contributed by atoms with van der Waals surface area (Å²) >= 11 is 8.79. The third-order valence-electron chi connectivity index (χ3n) is 3.04. The molecular weight excluding hydrogens is 350 g/mol. The Morgan fingerprint density at radius 1 is 1.26 bits per heavy atom. The van der Waals surface area contributed by atoms with E-state index in [-0.39, 0.29) is 5.91 Å². The van der Waals surface area contributed by atoms with E-state index in [0.29, 0.717) is 15.9 Å². The summed E-state index contributed by atoms with van der Waals surface area (Å²) < 4.78 is 1.09. The number of thiazole rings is 1. The SMILES string of the molecule is Cc1ccc2nc(NNC(=O)CSc3ccc(Cl)cc3)sc2c1. The van der Waals surface area contributed by atoms with Crippen LogP contribution in [0.1, 0.15) is 5.56 Å². The third-order valence-corrected chi connectivity index (χ3v) is 5.23. The van der Waals surface area contributed by atoms with Crippen LogP contribution in [0.25, 0.3) is 10.2 Å². The maximum atomic E-state index is 11.9. The van der Waals surface area contributed by atoms with Crippen LogP contribution in [0.3, 0.4) is 0 Å². The molecule has 0 aliphatic rings. The van der Waals surface area contributed by atoms with Gasteiger partial charge >= 0.3 is 0 Å². The van der Waals surface area contributed by atoms with E-state index in [1.54, 1.807) is 0 Å². The molecule has 0 aliphatic carbocycles. The van der Waals surface area contributed by atoms with Crippen molar-refractivity contribution in [1.29, 1.82) is 0 Å². The van der Waals surface area contributed by atoms with Crippen molar-refractivity contribution in [3.8, 4) is 0 Å². The predicted molar refractivity (Wildman–Crippen MR) is 98.3 cm³/mol. The monoisotopic (exact) mass is 363 g/mol. The third kappa shape index (κ3) is 4.37. The molecule has 0 bridgehead atoms. The van der Waals surface area contributed by atoms with Crippen molar-refractivity contribution in [2.75, 3.05) is 11.2 Å². The number of benzene rings is 2. The molecule has 1 amide bonds. The Morgan fingerprint density at radius 2 is 2.04 bits per heavy atom. The first-order chi connectivity index (χ1) is 11.1. The zero-order valence-corrected chi connectivity index (χ0v) is 14.7. The van der Waals surface area contributed by atoms with Gasteiger partial charge in [-0.2, -0.15) is 0 Å². The molecule has 3 rings (SSSR count). The standard InChI is InChI=1S/C16H14ClN3OS2/c1-10-2-7-13-14(8-10)23-16(18-13)20-19-15(21)9-22-12-5-3-11(17)4-6-12/h2-8H,9H2,1H3,(H,18,20)(H,19,21). The van der Waals surface area contributed by atoms with E-state index in [9.17, 15) is 4.79 Å². The van der Waals surface area contributed by atoms with Crippen molar-refractivity contribution in [3.05, 3.63) is 53.1 Å². The summed E-state index contributed by atoms with van der Waals surface area (Å²) in [7, 11) is 0. The lowest BCUT2D eigenvalue weighted by Crippen LogP contribution is -2.30. The van der Waals surface area contributed by atoms with Crippen molar-refractivity contribution in [3.63, 3.8) is 0 Å². The Hall–Kier alpha value is -1.76. The number of thioether (sulfide) groups is 1. The average Bonchev–Trinajstić information content (AvgIpc) is 2.94. The normalized spacial score (nSPS) is 10.7. The molecule has 23 heavy (non-hydrogen) atoms. The number of hydrogen-bond donors (Lipinski definition) is 2. The summed E-state index contributed by atoms with van der Waals surface area (Å²) in [4.78, 5) is 17.3. The first kappa shape index (κ1) is 16.1. The van der Waals surface area contributed by atoms with E-state index < -0.39 is 0 Å². The Labute approximate surface area is 147 Å². The number of amides is 1. The van der Waals surface area contributed by atoms with Gasteiger partial charge in [-0.3, -0.25) is 15.6 Å². The highest BCUT2D eigenvalue weighted by Crippen LogP contribution is 2.26. The molecule has 0 saturated heterocycles.